The lowest BCUT2D eigenvalue weighted by atomic mass is 9.98. The molecule has 0 saturated heterocycles. The summed E-state index contributed by atoms with van der Waals surface area (Å²) in [6, 6.07) is 8.49. The summed E-state index contributed by atoms with van der Waals surface area (Å²) >= 11 is 1.58. The summed E-state index contributed by atoms with van der Waals surface area (Å²) in [6.45, 7) is 4.38. The van der Waals surface area contributed by atoms with Crippen LogP contribution in [0.2, 0.25) is 0 Å². The average molecular weight is 247 g/mol. The van der Waals surface area contributed by atoms with Gasteiger partial charge in [0.15, 0.2) is 0 Å². The Morgan fingerprint density at radius 2 is 1.82 bits per heavy atom. The zero-order valence-corrected chi connectivity index (χ0v) is 10.9. The molecular formula is C13H17N3S. The lowest BCUT2D eigenvalue weighted by Gasteiger charge is -2.15. The largest absolute Gasteiger partial charge is 0.271 e. The number of thiazole rings is 1. The van der Waals surface area contributed by atoms with Gasteiger partial charge in [0.05, 0.1) is 17.2 Å². The van der Waals surface area contributed by atoms with Gasteiger partial charge in [0, 0.05) is 5.38 Å². The molecule has 0 amide bonds. The van der Waals surface area contributed by atoms with Crippen molar-refractivity contribution in [1.82, 2.24) is 10.4 Å². The predicted octanol–water partition coefficient (Wildman–Crippen LogP) is 2.82. The molecule has 0 spiro atoms. The second-order valence-corrected chi connectivity index (χ2v) is 5.05. The van der Waals surface area contributed by atoms with Crippen LogP contribution in [-0.4, -0.2) is 4.98 Å². The minimum Gasteiger partial charge on any atom is -0.271 e. The highest BCUT2D eigenvalue weighted by Crippen LogP contribution is 2.23. The quantitative estimate of drug-likeness (QED) is 0.645. The van der Waals surface area contributed by atoms with Gasteiger partial charge in [0.1, 0.15) is 0 Å². The average Bonchev–Trinajstić information content (AvgIpc) is 2.84. The van der Waals surface area contributed by atoms with Gasteiger partial charge in [0.2, 0.25) is 0 Å². The summed E-state index contributed by atoms with van der Waals surface area (Å²) in [4.78, 5) is 4.30. The van der Waals surface area contributed by atoms with Crippen LogP contribution in [0.25, 0.3) is 0 Å². The molecule has 1 aromatic carbocycles. The van der Waals surface area contributed by atoms with Gasteiger partial charge in [-0.25, -0.2) is 10.4 Å². The number of rotatable bonds is 4. The van der Waals surface area contributed by atoms with Gasteiger partial charge < -0.3 is 0 Å². The fourth-order valence-electron chi connectivity index (χ4n) is 1.79. The van der Waals surface area contributed by atoms with E-state index in [0.29, 0.717) is 5.92 Å². The summed E-state index contributed by atoms with van der Waals surface area (Å²) in [7, 11) is 0. The zero-order chi connectivity index (χ0) is 12.3. The van der Waals surface area contributed by atoms with Crippen LogP contribution in [0.5, 0.6) is 0 Å². The fraction of sp³-hybridized carbons (Fsp3) is 0.308. The highest BCUT2D eigenvalue weighted by atomic mass is 32.1. The molecule has 90 valence electrons. The Kier molecular flexibility index (Phi) is 3.89. The molecule has 3 N–H and O–H groups in total. The third kappa shape index (κ3) is 2.72. The van der Waals surface area contributed by atoms with Crippen molar-refractivity contribution in [1.29, 1.82) is 0 Å². The Morgan fingerprint density at radius 1 is 1.18 bits per heavy atom. The van der Waals surface area contributed by atoms with Gasteiger partial charge in [-0.2, -0.15) is 0 Å². The standard InChI is InChI=1S/C13H17N3S/c1-9(2)10-3-5-11(6-4-10)13(16-14)12-7-17-8-15-12/h3-9,13,16H,14H2,1-2H3. The lowest BCUT2D eigenvalue weighted by Crippen LogP contribution is -2.29. The fourth-order valence-corrected chi connectivity index (χ4v) is 2.37. The van der Waals surface area contributed by atoms with Crippen LogP contribution >= 0.6 is 11.3 Å². The van der Waals surface area contributed by atoms with Crippen molar-refractivity contribution >= 4 is 11.3 Å². The van der Waals surface area contributed by atoms with Crippen LogP contribution in [0.3, 0.4) is 0 Å². The van der Waals surface area contributed by atoms with Gasteiger partial charge >= 0.3 is 0 Å². The molecule has 0 aliphatic rings. The van der Waals surface area contributed by atoms with E-state index < -0.39 is 0 Å². The highest BCUT2D eigenvalue weighted by Gasteiger charge is 2.14. The Hall–Kier alpha value is -1.23. The first-order valence-corrected chi connectivity index (χ1v) is 6.60. The predicted molar refractivity (Wildman–Crippen MR) is 71.8 cm³/mol. The van der Waals surface area contributed by atoms with Crippen molar-refractivity contribution in [2.75, 3.05) is 0 Å². The molecule has 1 unspecified atom stereocenters. The van der Waals surface area contributed by atoms with Crippen LogP contribution in [0.1, 0.15) is 42.6 Å². The topological polar surface area (TPSA) is 50.9 Å². The number of hydrogen-bond acceptors (Lipinski definition) is 4. The third-order valence-electron chi connectivity index (χ3n) is 2.85. The van der Waals surface area contributed by atoms with Crippen LogP contribution < -0.4 is 11.3 Å². The second kappa shape index (κ2) is 5.40. The zero-order valence-electron chi connectivity index (χ0n) is 10.1. The normalized spacial score (nSPS) is 12.9. The SMILES string of the molecule is CC(C)c1ccc(C(NN)c2cscn2)cc1. The molecule has 17 heavy (non-hydrogen) atoms. The van der Waals surface area contributed by atoms with E-state index in [1.54, 1.807) is 11.3 Å². The number of hydrazine groups is 1. The van der Waals surface area contributed by atoms with Crippen LogP contribution in [-0.2, 0) is 0 Å². The van der Waals surface area contributed by atoms with E-state index in [4.69, 9.17) is 5.84 Å². The first-order valence-electron chi connectivity index (χ1n) is 5.66. The van der Waals surface area contributed by atoms with E-state index in [0.717, 1.165) is 11.3 Å². The van der Waals surface area contributed by atoms with Crippen LogP contribution in [0.4, 0.5) is 0 Å². The van der Waals surface area contributed by atoms with E-state index >= 15 is 0 Å². The minimum absolute atomic E-state index is 0.0255. The molecule has 0 bridgehead atoms. The van der Waals surface area contributed by atoms with Gasteiger partial charge in [-0.15, -0.1) is 11.3 Å². The van der Waals surface area contributed by atoms with Crippen LogP contribution in [0.15, 0.2) is 35.2 Å². The van der Waals surface area contributed by atoms with Crippen molar-refractivity contribution in [2.45, 2.75) is 25.8 Å². The number of nitrogens with two attached hydrogens (primary N) is 1. The van der Waals surface area contributed by atoms with Gasteiger partial charge in [-0.05, 0) is 17.0 Å². The van der Waals surface area contributed by atoms with Crippen LogP contribution in [0, 0.1) is 0 Å². The maximum Gasteiger partial charge on any atom is 0.0889 e. The second-order valence-electron chi connectivity index (χ2n) is 4.33. The Labute approximate surface area is 106 Å². The molecule has 4 heteroatoms. The van der Waals surface area contributed by atoms with E-state index in [9.17, 15) is 0 Å². The summed E-state index contributed by atoms with van der Waals surface area (Å²) in [5, 5.41) is 2.01. The molecule has 1 atom stereocenters. The molecule has 0 saturated carbocycles. The Bertz CT molecular complexity index is 448. The highest BCUT2D eigenvalue weighted by molar-refractivity contribution is 7.07. The molecule has 1 heterocycles. The smallest absolute Gasteiger partial charge is 0.0889 e. The number of benzene rings is 1. The molecule has 1 aromatic heterocycles. The van der Waals surface area contributed by atoms with E-state index in [1.165, 1.54) is 5.56 Å². The first kappa shape index (κ1) is 12.2. The van der Waals surface area contributed by atoms with Crippen molar-refractivity contribution in [3.8, 4) is 0 Å². The van der Waals surface area contributed by atoms with Gasteiger partial charge in [-0.1, -0.05) is 38.1 Å². The molecule has 0 aliphatic carbocycles. The monoisotopic (exact) mass is 247 g/mol. The first-order chi connectivity index (χ1) is 8.22. The van der Waals surface area contributed by atoms with E-state index in [1.807, 2.05) is 10.9 Å². The number of nitrogens with zero attached hydrogens (tertiary/aromatic N) is 1. The van der Waals surface area contributed by atoms with Crippen molar-refractivity contribution in [3.05, 3.63) is 52.0 Å². The minimum atomic E-state index is -0.0255. The maximum absolute atomic E-state index is 5.61. The van der Waals surface area contributed by atoms with Crippen molar-refractivity contribution in [3.63, 3.8) is 0 Å². The summed E-state index contributed by atoms with van der Waals surface area (Å²) < 4.78 is 0. The summed E-state index contributed by atoms with van der Waals surface area (Å²) in [5.41, 5.74) is 8.08. The Morgan fingerprint density at radius 3 is 2.29 bits per heavy atom. The Balaban J connectivity index is 2.26. The summed E-state index contributed by atoms with van der Waals surface area (Å²) in [5.74, 6) is 6.16. The molecule has 3 nitrogen and oxygen atoms in total. The number of aromatic nitrogens is 1. The molecule has 0 radical (unpaired) electrons. The molecule has 0 fully saturated rings. The van der Waals surface area contributed by atoms with E-state index in [-0.39, 0.29) is 6.04 Å². The molecule has 2 aromatic rings. The van der Waals surface area contributed by atoms with Crippen molar-refractivity contribution < 1.29 is 0 Å². The van der Waals surface area contributed by atoms with Gasteiger partial charge in [-0.3, -0.25) is 5.84 Å². The van der Waals surface area contributed by atoms with E-state index in [2.05, 4.69) is 48.5 Å². The maximum atomic E-state index is 5.61. The summed E-state index contributed by atoms with van der Waals surface area (Å²) in [6.07, 6.45) is 0. The molecule has 0 aliphatic heterocycles. The number of hydrogen-bond donors (Lipinski definition) is 2. The van der Waals surface area contributed by atoms with Crippen molar-refractivity contribution in [2.24, 2.45) is 5.84 Å². The lowest BCUT2D eigenvalue weighted by molar-refractivity contribution is 0.623. The third-order valence-corrected chi connectivity index (χ3v) is 3.46. The number of nitrogens with one attached hydrogen (secondary N) is 1. The molecular weight excluding hydrogens is 230 g/mol. The molecule has 2 rings (SSSR count). The van der Waals surface area contributed by atoms with Gasteiger partial charge in [0.25, 0.3) is 0 Å².